The van der Waals surface area contributed by atoms with E-state index in [1.54, 1.807) is 10.6 Å². The first-order valence-corrected chi connectivity index (χ1v) is 8.07. The first-order valence-electron chi connectivity index (χ1n) is 8.07. The number of aliphatic carboxylic acids is 1. The van der Waals surface area contributed by atoms with Gasteiger partial charge >= 0.3 is 5.97 Å². The number of carboxylic acids is 1. The highest BCUT2D eigenvalue weighted by Crippen LogP contribution is 2.28. The lowest BCUT2D eigenvalue weighted by atomic mass is 10.2. The number of hydrogen-bond acceptors (Lipinski definition) is 5. The Bertz CT molecular complexity index is 1160. The van der Waals surface area contributed by atoms with Crippen molar-refractivity contribution in [3.05, 3.63) is 66.1 Å². The summed E-state index contributed by atoms with van der Waals surface area (Å²) in [6.07, 6.45) is 3.35. The number of carbonyl (C=O) groups is 1. The van der Waals surface area contributed by atoms with E-state index in [0.29, 0.717) is 22.8 Å². The molecule has 0 aliphatic carbocycles. The van der Waals surface area contributed by atoms with Crippen LogP contribution in [0.4, 0.5) is 11.5 Å². The van der Waals surface area contributed by atoms with Crippen LogP contribution in [0.15, 0.2) is 65.1 Å². The van der Waals surface area contributed by atoms with Crippen molar-refractivity contribution >= 4 is 34.0 Å². The van der Waals surface area contributed by atoms with Crippen LogP contribution in [0.2, 0.25) is 0 Å². The summed E-state index contributed by atoms with van der Waals surface area (Å²) >= 11 is 0. The molecular weight excluding hydrogens is 330 g/mol. The Balaban J connectivity index is 1.86. The average Bonchev–Trinajstić information content (AvgIpc) is 2.95. The molecule has 4 rings (SSSR count). The van der Waals surface area contributed by atoms with Crippen molar-refractivity contribution in [1.82, 2.24) is 14.4 Å². The zero-order valence-corrected chi connectivity index (χ0v) is 14.0. The lowest BCUT2D eigenvalue weighted by Gasteiger charge is -2.01. The normalized spacial score (nSPS) is 11.6. The molecule has 128 valence electrons. The fraction of sp³-hybridized carbons (Fsp3) is 0.105. The highest BCUT2D eigenvalue weighted by atomic mass is 16.4. The van der Waals surface area contributed by atoms with Crippen LogP contribution in [-0.2, 0) is 11.2 Å². The first kappa shape index (κ1) is 15.9. The van der Waals surface area contributed by atoms with Gasteiger partial charge in [-0.1, -0.05) is 24.3 Å². The molecule has 26 heavy (non-hydrogen) atoms. The van der Waals surface area contributed by atoms with Crippen LogP contribution in [-0.4, -0.2) is 25.4 Å². The monoisotopic (exact) mass is 345 g/mol. The number of fused-ring (bicyclic) bond motifs is 2. The minimum absolute atomic E-state index is 0.219. The predicted molar refractivity (Wildman–Crippen MR) is 97.2 cm³/mol. The van der Waals surface area contributed by atoms with Gasteiger partial charge in [0.25, 0.3) is 0 Å². The van der Waals surface area contributed by atoms with E-state index in [1.165, 1.54) is 0 Å². The van der Waals surface area contributed by atoms with Crippen molar-refractivity contribution in [2.75, 3.05) is 0 Å². The third-order valence-corrected chi connectivity index (χ3v) is 3.99. The van der Waals surface area contributed by atoms with Gasteiger partial charge in [-0.25, -0.2) is 4.98 Å². The van der Waals surface area contributed by atoms with Crippen molar-refractivity contribution in [2.24, 2.45) is 10.2 Å². The topological polar surface area (TPSA) is 92.2 Å². The number of imidazole rings is 1. The zero-order valence-electron chi connectivity index (χ0n) is 14.0. The van der Waals surface area contributed by atoms with Crippen LogP contribution in [0.1, 0.15) is 11.3 Å². The van der Waals surface area contributed by atoms with Gasteiger partial charge in [-0.2, -0.15) is 0 Å². The number of aryl methyl sites for hydroxylation is 1. The Hall–Kier alpha value is -3.61. The van der Waals surface area contributed by atoms with E-state index < -0.39 is 5.97 Å². The summed E-state index contributed by atoms with van der Waals surface area (Å²) in [4.78, 5) is 19.9. The summed E-state index contributed by atoms with van der Waals surface area (Å²) in [5.74, 6) is -0.549. The summed E-state index contributed by atoms with van der Waals surface area (Å²) in [7, 11) is 0. The van der Waals surface area contributed by atoms with Crippen molar-refractivity contribution in [1.29, 1.82) is 0 Å². The second kappa shape index (κ2) is 6.36. The zero-order chi connectivity index (χ0) is 18.1. The van der Waals surface area contributed by atoms with Gasteiger partial charge in [-0.15, -0.1) is 10.2 Å². The number of benzene rings is 1. The van der Waals surface area contributed by atoms with Gasteiger partial charge in [-0.05, 0) is 30.7 Å². The Morgan fingerprint density at radius 1 is 1.15 bits per heavy atom. The molecule has 0 saturated carbocycles. The summed E-state index contributed by atoms with van der Waals surface area (Å²) in [5.41, 5.74) is 3.38. The number of aromatic nitrogens is 3. The summed E-state index contributed by atoms with van der Waals surface area (Å²) in [6.45, 7) is 1.95. The molecular formula is C19H15N5O2. The number of para-hydroxylation sites is 1. The van der Waals surface area contributed by atoms with E-state index in [9.17, 15) is 4.79 Å². The fourth-order valence-corrected chi connectivity index (χ4v) is 2.82. The lowest BCUT2D eigenvalue weighted by molar-refractivity contribution is -0.136. The van der Waals surface area contributed by atoms with Crippen LogP contribution < -0.4 is 0 Å². The molecule has 0 atom stereocenters. The van der Waals surface area contributed by atoms with Crippen molar-refractivity contribution < 1.29 is 9.90 Å². The van der Waals surface area contributed by atoms with Crippen LogP contribution in [0, 0.1) is 6.92 Å². The van der Waals surface area contributed by atoms with E-state index in [4.69, 9.17) is 5.11 Å². The highest BCUT2D eigenvalue weighted by molar-refractivity contribution is 5.88. The molecule has 4 aromatic rings. The second-order valence-corrected chi connectivity index (χ2v) is 5.94. The van der Waals surface area contributed by atoms with E-state index >= 15 is 0 Å². The third kappa shape index (κ3) is 2.90. The fourth-order valence-electron chi connectivity index (χ4n) is 2.82. The minimum Gasteiger partial charge on any atom is -0.481 e. The number of carboxylic acid groups (broad SMARTS) is 1. The largest absolute Gasteiger partial charge is 0.481 e. The van der Waals surface area contributed by atoms with Gasteiger partial charge in [0.05, 0.1) is 17.6 Å². The molecule has 0 spiro atoms. The van der Waals surface area contributed by atoms with Crippen LogP contribution in [0.25, 0.3) is 16.6 Å². The molecule has 1 aromatic carbocycles. The molecule has 1 N–H and O–H groups in total. The molecule has 0 radical (unpaired) electrons. The molecule has 0 fully saturated rings. The molecule has 0 saturated heterocycles. The number of nitrogens with zero attached hydrogens (tertiary/aromatic N) is 5. The van der Waals surface area contributed by atoms with Crippen LogP contribution in [0.3, 0.4) is 0 Å². The molecule has 3 aromatic heterocycles. The van der Waals surface area contributed by atoms with E-state index in [2.05, 4.69) is 20.2 Å². The highest BCUT2D eigenvalue weighted by Gasteiger charge is 2.15. The Morgan fingerprint density at radius 2 is 2.00 bits per heavy atom. The van der Waals surface area contributed by atoms with Crippen molar-refractivity contribution in [2.45, 2.75) is 13.3 Å². The maximum absolute atomic E-state index is 11.2. The van der Waals surface area contributed by atoms with Crippen LogP contribution >= 0.6 is 0 Å². The van der Waals surface area contributed by atoms with E-state index in [0.717, 1.165) is 16.5 Å². The van der Waals surface area contributed by atoms with Crippen molar-refractivity contribution in [3.63, 3.8) is 0 Å². The molecule has 0 unspecified atom stereocenters. The van der Waals surface area contributed by atoms with Gasteiger partial charge in [0.15, 0.2) is 5.82 Å². The Kier molecular flexibility index (Phi) is 3.89. The minimum atomic E-state index is -0.964. The number of rotatable bonds is 4. The SMILES string of the molecule is Cc1ccc2nc(CC(=O)O)c(N=Nc3cccc4cccnc34)n2c1. The maximum atomic E-state index is 11.2. The molecule has 7 heteroatoms. The summed E-state index contributed by atoms with van der Waals surface area (Å²) < 4.78 is 1.76. The summed E-state index contributed by atoms with van der Waals surface area (Å²) in [6, 6.07) is 13.2. The maximum Gasteiger partial charge on any atom is 0.309 e. The second-order valence-electron chi connectivity index (χ2n) is 5.94. The van der Waals surface area contributed by atoms with Crippen molar-refractivity contribution in [3.8, 4) is 0 Å². The molecule has 0 aliphatic heterocycles. The van der Waals surface area contributed by atoms with Gasteiger partial charge in [0.1, 0.15) is 11.3 Å². The Labute approximate surface area is 148 Å². The van der Waals surface area contributed by atoms with E-state index in [-0.39, 0.29) is 6.42 Å². The Morgan fingerprint density at radius 3 is 2.85 bits per heavy atom. The predicted octanol–water partition coefficient (Wildman–Crippen LogP) is 4.23. The molecule has 3 heterocycles. The number of hydrogen-bond donors (Lipinski definition) is 1. The van der Waals surface area contributed by atoms with Gasteiger partial charge in [0.2, 0.25) is 0 Å². The quantitative estimate of drug-likeness (QED) is 0.560. The smallest absolute Gasteiger partial charge is 0.309 e. The third-order valence-electron chi connectivity index (χ3n) is 3.99. The number of pyridine rings is 2. The van der Waals surface area contributed by atoms with Crippen LogP contribution in [0.5, 0.6) is 0 Å². The molecule has 7 nitrogen and oxygen atoms in total. The molecule has 0 amide bonds. The summed E-state index contributed by atoms with van der Waals surface area (Å²) in [5, 5.41) is 18.8. The molecule has 0 bridgehead atoms. The standard InChI is InChI=1S/C19H15N5O2/c1-12-7-8-16-21-15(10-17(25)26)19(24(16)11-12)23-22-14-6-2-4-13-5-3-9-20-18(13)14/h2-9,11H,10H2,1H3,(H,25,26). The lowest BCUT2D eigenvalue weighted by Crippen LogP contribution is -2.00. The van der Waals surface area contributed by atoms with E-state index in [1.807, 2.05) is 55.6 Å². The molecule has 0 aliphatic rings. The van der Waals surface area contributed by atoms with Gasteiger partial charge in [-0.3, -0.25) is 14.2 Å². The van der Waals surface area contributed by atoms with Gasteiger partial charge in [0, 0.05) is 17.8 Å². The number of azo groups is 1. The van der Waals surface area contributed by atoms with Gasteiger partial charge < -0.3 is 5.11 Å². The average molecular weight is 345 g/mol. The first-order chi connectivity index (χ1) is 12.6.